The van der Waals surface area contributed by atoms with Gasteiger partial charge < -0.3 is 21.9 Å². The molecular formula is C14H14N6O2. The number of hydrogen-bond donors (Lipinski definition) is 3. The van der Waals surface area contributed by atoms with E-state index in [9.17, 15) is 4.79 Å². The third-order valence-electron chi connectivity index (χ3n) is 3.26. The predicted octanol–water partition coefficient (Wildman–Crippen LogP) is 0.731. The zero-order valence-corrected chi connectivity index (χ0v) is 11.6. The summed E-state index contributed by atoms with van der Waals surface area (Å²) in [4.78, 5) is 19.6. The Morgan fingerprint density at radius 2 is 1.91 bits per heavy atom. The van der Waals surface area contributed by atoms with Crippen LogP contribution in [0.3, 0.4) is 0 Å². The summed E-state index contributed by atoms with van der Waals surface area (Å²) in [6.45, 7) is 0.0656. The highest BCUT2D eigenvalue weighted by Gasteiger charge is 2.22. The molecule has 112 valence electrons. The third-order valence-corrected chi connectivity index (χ3v) is 3.26. The van der Waals surface area contributed by atoms with Crippen LogP contribution in [0.15, 0.2) is 36.7 Å². The number of amides is 1. The second-order valence-electron chi connectivity index (χ2n) is 4.60. The normalized spacial score (nSPS) is 10.7. The molecule has 1 aromatic carbocycles. The van der Waals surface area contributed by atoms with Gasteiger partial charge in [0.15, 0.2) is 12.4 Å². The van der Waals surface area contributed by atoms with Gasteiger partial charge in [0.05, 0.1) is 10.9 Å². The van der Waals surface area contributed by atoms with Gasteiger partial charge in [-0.3, -0.25) is 9.36 Å². The van der Waals surface area contributed by atoms with Crippen molar-refractivity contribution in [1.82, 2.24) is 14.5 Å². The van der Waals surface area contributed by atoms with Crippen molar-refractivity contribution in [3.63, 3.8) is 0 Å². The first-order valence-corrected chi connectivity index (χ1v) is 6.45. The van der Waals surface area contributed by atoms with Crippen molar-refractivity contribution in [2.45, 2.75) is 6.73 Å². The van der Waals surface area contributed by atoms with E-state index in [1.807, 2.05) is 18.2 Å². The van der Waals surface area contributed by atoms with Crippen LogP contribution in [0, 0.1) is 0 Å². The van der Waals surface area contributed by atoms with Gasteiger partial charge >= 0.3 is 0 Å². The number of nitrogens with two attached hydrogens (primary N) is 3. The number of aromatic nitrogens is 3. The first-order valence-electron chi connectivity index (χ1n) is 6.45. The summed E-state index contributed by atoms with van der Waals surface area (Å²) < 4.78 is 7.17. The van der Waals surface area contributed by atoms with Crippen molar-refractivity contribution in [3.8, 4) is 5.75 Å². The smallest absolute Gasteiger partial charge is 0.253 e. The Morgan fingerprint density at radius 1 is 1.18 bits per heavy atom. The topological polar surface area (TPSA) is 135 Å². The fourth-order valence-electron chi connectivity index (χ4n) is 2.25. The van der Waals surface area contributed by atoms with Crippen molar-refractivity contribution in [2.75, 3.05) is 11.5 Å². The van der Waals surface area contributed by atoms with Crippen LogP contribution in [0.25, 0.3) is 11.0 Å². The maximum Gasteiger partial charge on any atom is 0.253 e. The Kier molecular flexibility index (Phi) is 3.26. The van der Waals surface area contributed by atoms with Crippen LogP contribution >= 0.6 is 0 Å². The summed E-state index contributed by atoms with van der Waals surface area (Å²) in [6, 6.07) is 9.19. The molecule has 0 unspecified atom stereocenters. The van der Waals surface area contributed by atoms with Gasteiger partial charge in [0.1, 0.15) is 23.7 Å². The predicted molar refractivity (Wildman–Crippen MR) is 81.9 cm³/mol. The maximum atomic E-state index is 11.7. The molecule has 8 heteroatoms. The monoisotopic (exact) mass is 298 g/mol. The first kappa shape index (κ1) is 13.7. The molecule has 0 aliphatic heterocycles. The van der Waals surface area contributed by atoms with Crippen LogP contribution in [0.2, 0.25) is 0 Å². The molecule has 0 fully saturated rings. The summed E-state index contributed by atoms with van der Waals surface area (Å²) >= 11 is 0. The van der Waals surface area contributed by atoms with E-state index in [4.69, 9.17) is 21.9 Å². The third kappa shape index (κ3) is 2.16. The fourth-order valence-corrected chi connectivity index (χ4v) is 2.25. The van der Waals surface area contributed by atoms with Gasteiger partial charge in [-0.1, -0.05) is 18.2 Å². The summed E-state index contributed by atoms with van der Waals surface area (Å²) in [5, 5.41) is 0.337. The molecule has 0 radical (unpaired) electrons. The van der Waals surface area contributed by atoms with Crippen LogP contribution < -0.4 is 21.9 Å². The van der Waals surface area contributed by atoms with Gasteiger partial charge in [-0.05, 0) is 12.1 Å². The Labute approximate surface area is 125 Å². The molecule has 0 aliphatic rings. The molecule has 0 aliphatic carbocycles. The minimum absolute atomic E-state index is 0.0656. The number of carbonyl (C=O) groups excluding carboxylic acids is 1. The van der Waals surface area contributed by atoms with Crippen LogP contribution in [0.1, 0.15) is 10.4 Å². The minimum Gasteiger partial charge on any atom is -0.473 e. The van der Waals surface area contributed by atoms with E-state index in [1.54, 1.807) is 12.1 Å². The van der Waals surface area contributed by atoms with Crippen molar-refractivity contribution in [1.29, 1.82) is 0 Å². The second-order valence-corrected chi connectivity index (χ2v) is 4.60. The van der Waals surface area contributed by atoms with Crippen molar-refractivity contribution in [2.24, 2.45) is 5.73 Å². The van der Waals surface area contributed by atoms with Crippen LogP contribution in [0.5, 0.6) is 5.75 Å². The van der Waals surface area contributed by atoms with Gasteiger partial charge in [-0.25, -0.2) is 9.97 Å². The molecule has 0 bridgehead atoms. The number of anilines is 2. The highest BCUT2D eigenvalue weighted by Crippen LogP contribution is 2.29. The lowest BCUT2D eigenvalue weighted by molar-refractivity contribution is 0.100. The van der Waals surface area contributed by atoms with E-state index in [1.165, 1.54) is 10.9 Å². The molecule has 8 nitrogen and oxygen atoms in total. The Balaban J connectivity index is 2.08. The Morgan fingerprint density at radius 3 is 2.59 bits per heavy atom. The largest absolute Gasteiger partial charge is 0.473 e. The van der Waals surface area contributed by atoms with Gasteiger partial charge in [0, 0.05) is 0 Å². The number of rotatable bonds is 4. The van der Waals surface area contributed by atoms with Crippen molar-refractivity contribution in [3.05, 3.63) is 42.2 Å². The standard InChI is InChI=1S/C14H14N6O2/c15-11-9-10(13(17)21)12(16)20(14(9)19-6-18-11)7-22-8-4-2-1-3-5-8/h1-6H,7,16H2,(H2,17,21)(H2,15,18,19). The maximum absolute atomic E-state index is 11.7. The zero-order valence-electron chi connectivity index (χ0n) is 11.6. The minimum atomic E-state index is -0.692. The molecule has 0 saturated carbocycles. The molecule has 6 N–H and O–H groups in total. The van der Waals surface area contributed by atoms with E-state index >= 15 is 0 Å². The summed E-state index contributed by atoms with van der Waals surface area (Å²) in [5.74, 6) is 0.253. The van der Waals surface area contributed by atoms with Crippen LogP contribution in [0.4, 0.5) is 11.6 Å². The Bertz CT molecular complexity index is 843. The van der Waals surface area contributed by atoms with Crippen LogP contribution in [-0.2, 0) is 6.73 Å². The molecule has 0 atom stereocenters. The summed E-state index contributed by atoms with van der Waals surface area (Å²) in [7, 11) is 0. The van der Waals surface area contributed by atoms with E-state index in [0.717, 1.165) is 0 Å². The fraction of sp³-hybridized carbons (Fsp3) is 0.0714. The number of para-hydroxylation sites is 1. The lowest BCUT2D eigenvalue weighted by atomic mass is 10.2. The molecule has 2 aromatic heterocycles. The number of ether oxygens (including phenoxy) is 1. The zero-order chi connectivity index (χ0) is 15.7. The van der Waals surface area contributed by atoms with Gasteiger partial charge in [0.2, 0.25) is 0 Å². The summed E-state index contributed by atoms with van der Waals surface area (Å²) in [6.07, 6.45) is 1.29. The molecule has 3 rings (SSSR count). The second kappa shape index (κ2) is 5.24. The SMILES string of the molecule is NC(=O)c1c(N)n(COc2ccccc2)c2ncnc(N)c12. The van der Waals surface area contributed by atoms with E-state index in [-0.39, 0.29) is 23.9 Å². The lowest BCUT2D eigenvalue weighted by Gasteiger charge is -2.09. The van der Waals surface area contributed by atoms with E-state index < -0.39 is 5.91 Å². The number of fused-ring (bicyclic) bond motifs is 1. The Hall–Kier alpha value is -3.29. The van der Waals surface area contributed by atoms with Gasteiger partial charge in [-0.2, -0.15) is 0 Å². The quantitative estimate of drug-likeness (QED) is 0.649. The lowest BCUT2D eigenvalue weighted by Crippen LogP contribution is -2.15. The molecule has 0 spiro atoms. The van der Waals surface area contributed by atoms with E-state index in [2.05, 4.69) is 9.97 Å². The van der Waals surface area contributed by atoms with Gasteiger partial charge in [0.25, 0.3) is 5.91 Å². The number of carbonyl (C=O) groups is 1. The molecule has 0 saturated heterocycles. The molecular weight excluding hydrogens is 284 g/mol. The van der Waals surface area contributed by atoms with Crippen molar-refractivity contribution < 1.29 is 9.53 Å². The molecule has 3 aromatic rings. The van der Waals surface area contributed by atoms with E-state index in [0.29, 0.717) is 16.8 Å². The molecule has 1 amide bonds. The van der Waals surface area contributed by atoms with Crippen molar-refractivity contribution >= 4 is 28.6 Å². The number of nitrogens with zero attached hydrogens (tertiary/aromatic N) is 3. The molecule has 2 heterocycles. The molecule has 22 heavy (non-hydrogen) atoms. The highest BCUT2D eigenvalue weighted by molar-refractivity contribution is 6.13. The van der Waals surface area contributed by atoms with Crippen LogP contribution in [-0.4, -0.2) is 20.4 Å². The average molecular weight is 298 g/mol. The number of hydrogen-bond acceptors (Lipinski definition) is 6. The number of nitrogen functional groups attached to an aromatic ring is 2. The summed E-state index contributed by atoms with van der Waals surface area (Å²) in [5.41, 5.74) is 17.7. The number of primary amides is 1. The number of benzene rings is 1. The average Bonchev–Trinajstić information content (AvgIpc) is 2.80. The highest BCUT2D eigenvalue weighted by atomic mass is 16.5. The first-order chi connectivity index (χ1) is 10.6. The van der Waals surface area contributed by atoms with Gasteiger partial charge in [-0.15, -0.1) is 0 Å².